The average Bonchev–Trinajstić information content (AvgIpc) is 2.78. The highest BCUT2D eigenvalue weighted by Crippen LogP contribution is 2.29. The van der Waals surface area contributed by atoms with Crippen molar-refractivity contribution < 1.29 is 37.8 Å². The van der Waals surface area contributed by atoms with Crippen LogP contribution in [-0.4, -0.2) is 21.7 Å². The Hall–Kier alpha value is -3.16. The number of halogens is 1. The number of fused-ring (bicyclic) bond motifs is 1. The minimum Gasteiger partial charge on any atom is -1.00 e. The van der Waals surface area contributed by atoms with Gasteiger partial charge in [0.1, 0.15) is 30.2 Å². The van der Waals surface area contributed by atoms with Crippen LogP contribution in [0.25, 0.3) is 22.3 Å². The number of hydrogen-bond donors (Lipinski definition) is 3. The first-order valence-corrected chi connectivity index (χ1v) is 9.95. The second kappa shape index (κ2) is 10.9. The van der Waals surface area contributed by atoms with Crippen LogP contribution < -0.4 is 23.2 Å². The van der Waals surface area contributed by atoms with Crippen LogP contribution in [0.2, 0.25) is 0 Å². The SMILES string of the molecule is CC([NH2+]Cc1c(O)ccc2c(=O)cc(-c3ccccc3)oc12)C(O)c1ccccc1.O.[Cl-]. The number of quaternary nitrogens is 1. The van der Waals surface area contributed by atoms with Crippen molar-refractivity contribution in [3.63, 3.8) is 0 Å². The van der Waals surface area contributed by atoms with E-state index in [1.807, 2.05) is 72.9 Å². The number of phenols is 1. The maximum atomic E-state index is 12.7. The zero-order chi connectivity index (χ0) is 21.1. The lowest BCUT2D eigenvalue weighted by Crippen LogP contribution is -3.00. The Kier molecular flexibility index (Phi) is 8.57. The fraction of sp³-hybridized carbons (Fsp3) is 0.160. The summed E-state index contributed by atoms with van der Waals surface area (Å²) in [4.78, 5) is 12.7. The van der Waals surface area contributed by atoms with Gasteiger partial charge in [-0.1, -0.05) is 60.7 Å². The van der Waals surface area contributed by atoms with E-state index in [9.17, 15) is 15.0 Å². The molecule has 4 rings (SSSR count). The van der Waals surface area contributed by atoms with Crippen molar-refractivity contribution in [1.29, 1.82) is 0 Å². The zero-order valence-corrected chi connectivity index (χ0v) is 18.3. The summed E-state index contributed by atoms with van der Waals surface area (Å²) in [5, 5.41) is 23.5. The molecule has 2 atom stereocenters. The molecule has 0 radical (unpaired) electrons. The average molecular weight is 456 g/mol. The molecule has 4 aromatic rings. The maximum absolute atomic E-state index is 12.7. The summed E-state index contributed by atoms with van der Waals surface area (Å²) in [6, 6.07) is 23.3. The Labute approximate surface area is 191 Å². The third-order valence-corrected chi connectivity index (χ3v) is 5.37. The molecule has 6 N–H and O–H groups in total. The van der Waals surface area contributed by atoms with Gasteiger partial charge in [0.15, 0.2) is 11.0 Å². The van der Waals surface area contributed by atoms with Crippen molar-refractivity contribution in [2.24, 2.45) is 0 Å². The Morgan fingerprint density at radius 1 is 0.969 bits per heavy atom. The molecular formula is C25H26ClNO5. The zero-order valence-electron chi connectivity index (χ0n) is 17.5. The minimum absolute atomic E-state index is 0. The van der Waals surface area contributed by atoms with Gasteiger partial charge < -0.3 is 37.8 Å². The first-order chi connectivity index (χ1) is 14.5. The fourth-order valence-corrected chi connectivity index (χ4v) is 3.59. The number of aromatic hydroxyl groups is 1. The minimum atomic E-state index is -0.657. The maximum Gasteiger partial charge on any atom is 0.193 e. The molecule has 1 aromatic heterocycles. The number of aliphatic hydroxyl groups excluding tert-OH is 1. The molecule has 0 spiro atoms. The number of aliphatic hydroxyl groups is 1. The van der Waals surface area contributed by atoms with Gasteiger partial charge in [0.2, 0.25) is 0 Å². The molecule has 168 valence electrons. The third-order valence-electron chi connectivity index (χ3n) is 5.37. The molecule has 0 amide bonds. The Morgan fingerprint density at radius 3 is 2.25 bits per heavy atom. The molecule has 0 saturated heterocycles. The lowest BCUT2D eigenvalue weighted by atomic mass is 10.0. The van der Waals surface area contributed by atoms with Crippen molar-refractivity contribution >= 4 is 11.0 Å². The van der Waals surface area contributed by atoms with E-state index in [0.717, 1.165) is 11.1 Å². The monoisotopic (exact) mass is 455 g/mol. The van der Waals surface area contributed by atoms with Gasteiger partial charge in [-0.05, 0) is 24.6 Å². The number of hydrogen-bond acceptors (Lipinski definition) is 4. The van der Waals surface area contributed by atoms with Gasteiger partial charge >= 0.3 is 0 Å². The van der Waals surface area contributed by atoms with Crippen LogP contribution in [-0.2, 0) is 6.54 Å². The van der Waals surface area contributed by atoms with E-state index in [0.29, 0.717) is 28.8 Å². The second-order valence-electron chi connectivity index (χ2n) is 7.44. The van der Waals surface area contributed by atoms with Crippen molar-refractivity contribution in [3.8, 4) is 17.1 Å². The highest BCUT2D eigenvalue weighted by atomic mass is 35.5. The normalized spacial score (nSPS) is 12.4. The number of nitrogens with two attached hydrogens (primary N) is 1. The van der Waals surface area contributed by atoms with E-state index in [-0.39, 0.29) is 35.1 Å². The van der Waals surface area contributed by atoms with Crippen molar-refractivity contribution in [3.05, 3.63) is 100 Å². The topological polar surface area (TPSA) is 119 Å². The lowest BCUT2D eigenvalue weighted by molar-refractivity contribution is -0.709. The van der Waals surface area contributed by atoms with Crippen molar-refractivity contribution in [1.82, 2.24) is 0 Å². The molecule has 1 heterocycles. The summed E-state index contributed by atoms with van der Waals surface area (Å²) in [5.41, 5.74) is 2.38. The van der Waals surface area contributed by atoms with Crippen LogP contribution in [0.3, 0.4) is 0 Å². The van der Waals surface area contributed by atoms with Crippen molar-refractivity contribution in [2.45, 2.75) is 25.6 Å². The largest absolute Gasteiger partial charge is 1.00 e. The van der Waals surface area contributed by atoms with Crippen LogP contribution in [0.4, 0.5) is 0 Å². The van der Waals surface area contributed by atoms with Gasteiger partial charge in [0, 0.05) is 11.6 Å². The summed E-state index contributed by atoms with van der Waals surface area (Å²) in [5.74, 6) is 0.519. The third kappa shape index (κ3) is 5.18. The van der Waals surface area contributed by atoms with Gasteiger partial charge in [-0.25, -0.2) is 0 Å². The Morgan fingerprint density at radius 2 is 1.59 bits per heavy atom. The molecule has 0 aliphatic carbocycles. The van der Waals surface area contributed by atoms with E-state index in [4.69, 9.17) is 4.42 Å². The molecule has 6 nitrogen and oxygen atoms in total. The Balaban J connectivity index is 0.00000181. The van der Waals surface area contributed by atoms with E-state index >= 15 is 0 Å². The first-order valence-electron chi connectivity index (χ1n) is 9.95. The molecule has 2 unspecified atom stereocenters. The highest BCUT2D eigenvalue weighted by Gasteiger charge is 2.21. The first kappa shape index (κ1) is 25.1. The van der Waals surface area contributed by atoms with E-state index < -0.39 is 6.10 Å². The van der Waals surface area contributed by atoms with Gasteiger partial charge in [-0.15, -0.1) is 0 Å². The van der Waals surface area contributed by atoms with Crippen LogP contribution in [0.5, 0.6) is 5.75 Å². The quantitative estimate of drug-likeness (QED) is 0.364. The summed E-state index contributed by atoms with van der Waals surface area (Å²) >= 11 is 0. The highest BCUT2D eigenvalue weighted by molar-refractivity contribution is 5.83. The molecule has 0 saturated carbocycles. The molecule has 32 heavy (non-hydrogen) atoms. The van der Waals surface area contributed by atoms with Crippen molar-refractivity contribution in [2.75, 3.05) is 0 Å². The van der Waals surface area contributed by atoms with Gasteiger partial charge in [0.05, 0.1) is 10.9 Å². The number of phenolic OH excluding ortho intramolecular Hbond substituents is 1. The van der Waals surface area contributed by atoms with Crippen LogP contribution in [0, 0.1) is 0 Å². The second-order valence-corrected chi connectivity index (χ2v) is 7.44. The molecule has 0 aliphatic rings. The van der Waals surface area contributed by atoms with E-state index in [1.54, 1.807) is 6.07 Å². The lowest BCUT2D eigenvalue weighted by Gasteiger charge is -2.18. The summed E-state index contributed by atoms with van der Waals surface area (Å²) in [6.07, 6.45) is -0.657. The molecule has 0 fully saturated rings. The number of benzene rings is 3. The Bertz CT molecular complexity index is 1210. The predicted molar refractivity (Wildman–Crippen MR) is 120 cm³/mol. The van der Waals surface area contributed by atoms with Crippen LogP contribution in [0.15, 0.2) is 88.1 Å². The van der Waals surface area contributed by atoms with E-state index in [2.05, 4.69) is 0 Å². The van der Waals surface area contributed by atoms with Gasteiger partial charge in [-0.2, -0.15) is 0 Å². The summed E-state index contributed by atoms with van der Waals surface area (Å²) in [6.45, 7) is 2.28. The molecule has 3 aromatic carbocycles. The fourth-order valence-electron chi connectivity index (χ4n) is 3.59. The molecule has 7 heteroatoms. The van der Waals surface area contributed by atoms with Crippen LogP contribution >= 0.6 is 0 Å². The predicted octanol–water partition coefficient (Wildman–Crippen LogP) is -0.470. The van der Waals surface area contributed by atoms with Gasteiger partial charge in [0.25, 0.3) is 0 Å². The van der Waals surface area contributed by atoms with Gasteiger partial charge in [-0.3, -0.25) is 4.79 Å². The van der Waals surface area contributed by atoms with Crippen LogP contribution in [0.1, 0.15) is 24.2 Å². The number of rotatable bonds is 6. The molecular weight excluding hydrogens is 430 g/mol. The summed E-state index contributed by atoms with van der Waals surface area (Å²) < 4.78 is 6.08. The molecule has 0 bridgehead atoms. The standard InChI is InChI=1S/C25H23NO4.ClH.H2O/c1-16(24(29)18-10-6-3-7-11-18)26-15-20-21(27)13-12-19-22(28)14-23(30-25(19)20)17-8-4-2-5-9-17;;/h2-14,16,24,26-27,29H,15H2,1H3;1H;1H2. The molecule has 0 aliphatic heterocycles. The van der Waals surface area contributed by atoms with E-state index in [1.165, 1.54) is 12.1 Å². The smallest absolute Gasteiger partial charge is 0.193 e. The summed E-state index contributed by atoms with van der Waals surface area (Å²) in [7, 11) is 0.